The van der Waals surface area contributed by atoms with Gasteiger partial charge in [-0.3, -0.25) is 9.79 Å². The molecule has 1 aromatic rings. The SMILES string of the molecule is Cc1ccc(C(N)=O)c(CCN=C(N)N)c1. The molecule has 0 aliphatic rings. The molecule has 0 unspecified atom stereocenters. The highest BCUT2D eigenvalue weighted by Gasteiger charge is 2.07. The fourth-order valence-corrected chi connectivity index (χ4v) is 1.48. The summed E-state index contributed by atoms with van der Waals surface area (Å²) in [6.45, 7) is 2.40. The fraction of sp³-hybridized carbons (Fsp3) is 0.273. The molecule has 0 radical (unpaired) electrons. The van der Waals surface area contributed by atoms with E-state index in [0.717, 1.165) is 11.1 Å². The minimum atomic E-state index is -0.431. The van der Waals surface area contributed by atoms with E-state index in [4.69, 9.17) is 17.2 Å². The van der Waals surface area contributed by atoms with Gasteiger partial charge in [-0.05, 0) is 25.0 Å². The minimum absolute atomic E-state index is 0.0493. The fourth-order valence-electron chi connectivity index (χ4n) is 1.48. The predicted molar refractivity (Wildman–Crippen MR) is 64.1 cm³/mol. The number of aryl methyl sites for hydroxylation is 1. The van der Waals surface area contributed by atoms with E-state index >= 15 is 0 Å². The zero-order valence-electron chi connectivity index (χ0n) is 9.23. The summed E-state index contributed by atoms with van der Waals surface area (Å²) >= 11 is 0. The number of rotatable bonds is 4. The largest absolute Gasteiger partial charge is 0.370 e. The Kier molecular flexibility index (Phi) is 3.88. The van der Waals surface area contributed by atoms with Gasteiger partial charge in [0.15, 0.2) is 5.96 Å². The normalized spacial score (nSPS) is 9.81. The van der Waals surface area contributed by atoms with E-state index in [1.165, 1.54) is 0 Å². The summed E-state index contributed by atoms with van der Waals surface area (Å²) in [5.74, 6) is -0.382. The van der Waals surface area contributed by atoms with Gasteiger partial charge in [-0.2, -0.15) is 0 Å². The van der Waals surface area contributed by atoms with Gasteiger partial charge in [0.2, 0.25) is 5.91 Å². The molecule has 0 saturated carbocycles. The maximum absolute atomic E-state index is 11.2. The Morgan fingerprint density at radius 1 is 1.31 bits per heavy atom. The Morgan fingerprint density at radius 3 is 2.56 bits per heavy atom. The second-order valence-corrected chi connectivity index (χ2v) is 3.58. The van der Waals surface area contributed by atoms with Gasteiger partial charge in [0.1, 0.15) is 0 Å². The van der Waals surface area contributed by atoms with E-state index in [0.29, 0.717) is 18.5 Å². The molecule has 0 spiro atoms. The molecule has 86 valence electrons. The highest BCUT2D eigenvalue weighted by atomic mass is 16.1. The van der Waals surface area contributed by atoms with Crippen LogP contribution >= 0.6 is 0 Å². The number of guanidine groups is 1. The lowest BCUT2D eigenvalue weighted by Crippen LogP contribution is -2.23. The van der Waals surface area contributed by atoms with Gasteiger partial charge in [-0.25, -0.2) is 0 Å². The summed E-state index contributed by atoms with van der Waals surface area (Å²) < 4.78 is 0. The third-order valence-corrected chi connectivity index (χ3v) is 2.20. The lowest BCUT2D eigenvalue weighted by Gasteiger charge is -2.06. The molecule has 1 rings (SSSR count). The first kappa shape index (κ1) is 12.0. The smallest absolute Gasteiger partial charge is 0.248 e. The molecule has 0 aromatic heterocycles. The Bertz CT molecular complexity index is 422. The molecule has 1 amide bonds. The molecule has 0 saturated heterocycles. The summed E-state index contributed by atoms with van der Waals surface area (Å²) in [7, 11) is 0. The van der Waals surface area contributed by atoms with Gasteiger partial charge in [0.05, 0.1) is 0 Å². The van der Waals surface area contributed by atoms with Gasteiger partial charge >= 0.3 is 0 Å². The number of primary amides is 1. The lowest BCUT2D eigenvalue weighted by atomic mass is 10.0. The highest BCUT2D eigenvalue weighted by molar-refractivity contribution is 5.94. The average molecular weight is 220 g/mol. The van der Waals surface area contributed by atoms with Gasteiger partial charge in [0.25, 0.3) is 0 Å². The Labute approximate surface area is 94.3 Å². The van der Waals surface area contributed by atoms with Gasteiger partial charge in [0, 0.05) is 12.1 Å². The van der Waals surface area contributed by atoms with E-state index in [-0.39, 0.29) is 5.96 Å². The number of aliphatic imine (C=N–C) groups is 1. The number of nitrogens with two attached hydrogens (primary N) is 3. The maximum Gasteiger partial charge on any atom is 0.248 e. The van der Waals surface area contributed by atoms with Crippen LogP contribution in [0.25, 0.3) is 0 Å². The average Bonchev–Trinajstić information content (AvgIpc) is 2.16. The molecule has 0 atom stereocenters. The molecule has 16 heavy (non-hydrogen) atoms. The number of carbonyl (C=O) groups is 1. The van der Waals surface area contributed by atoms with Crippen LogP contribution < -0.4 is 17.2 Å². The predicted octanol–water partition coefficient (Wildman–Crippen LogP) is -0.0902. The van der Waals surface area contributed by atoms with Crippen LogP contribution in [0.3, 0.4) is 0 Å². The van der Waals surface area contributed by atoms with Gasteiger partial charge < -0.3 is 17.2 Å². The summed E-state index contributed by atoms with van der Waals surface area (Å²) in [4.78, 5) is 15.0. The molecule has 5 nitrogen and oxygen atoms in total. The standard InChI is InChI=1S/C11H16N4O/c1-7-2-3-9(10(12)16)8(6-7)4-5-15-11(13)14/h2-3,6H,4-5H2,1H3,(H2,12,16)(H4,13,14,15). The van der Waals surface area contributed by atoms with E-state index in [1.807, 2.05) is 19.1 Å². The van der Waals surface area contributed by atoms with E-state index in [1.54, 1.807) is 6.07 Å². The second-order valence-electron chi connectivity index (χ2n) is 3.58. The van der Waals surface area contributed by atoms with Crippen molar-refractivity contribution in [3.8, 4) is 0 Å². The third kappa shape index (κ3) is 3.27. The van der Waals surface area contributed by atoms with Crippen LogP contribution in [0.15, 0.2) is 23.2 Å². The Morgan fingerprint density at radius 2 is 2.00 bits per heavy atom. The van der Waals surface area contributed by atoms with E-state index in [9.17, 15) is 4.79 Å². The van der Waals surface area contributed by atoms with Crippen molar-refractivity contribution in [1.29, 1.82) is 0 Å². The number of hydrogen-bond acceptors (Lipinski definition) is 2. The minimum Gasteiger partial charge on any atom is -0.370 e. The monoisotopic (exact) mass is 220 g/mol. The van der Waals surface area contributed by atoms with Crippen molar-refractivity contribution in [2.24, 2.45) is 22.2 Å². The van der Waals surface area contributed by atoms with Gasteiger partial charge in [-0.1, -0.05) is 17.7 Å². The first-order valence-electron chi connectivity index (χ1n) is 4.95. The second kappa shape index (κ2) is 5.16. The van der Waals surface area contributed by atoms with Crippen LogP contribution in [0.1, 0.15) is 21.5 Å². The van der Waals surface area contributed by atoms with Crippen molar-refractivity contribution in [2.45, 2.75) is 13.3 Å². The summed E-state index contributed by atoms with van der Waals surface area (Å²) in [5.41, 5.74) is 18.2. The van der Waals surface area contributed by atoms with Crippen LogP contribution in [0.2, 0.25) is 0 Å². The Hall–Kier alpha value is -2.04. The molecule has 6 N–H and O–H groups in total. The van der Waals surface area contributed by atoms with Crippen LogP contribution in [-0.2, 0) is 6.42 Å². The molecule has 0 aliphatic carbocycles. The van der Waals surface area contributed by atoms with Crippen molar-refractivity contribution in [3.63, 3.8) is 0 Å². The third-order valence-electron chi connectivity index (χ3n) is 2.20. The molecular formula is C11H16N4O. The summed E-state index contributed by atoms with van der Waals surface area (Å²) in [6.07, 6.45) is 0.595. The van der Waals surface area contributed by atoms with Crippen molar-refractivity contribution in [1.82, 2.24) is 0 Å². The van der Waals surface area contributed by atoms with E-state index < -0.39 is 5.91 Å². The number of carbonyl (C=O) groups excluding carboxylic acids is 1. The van der Waals surface area contributed by atoms with Crippen molar-refractivity contribution < 1.29 is 4.79 Å². The van der Waals surface area contributed by atoms with Crippen molar-refractivity contribution in [2.75, 3.05) is 6.54 Å². The van der Waals surface area contributed by atoms with E-state index in [2.05, 4.69) is 4.99 Å². The number of nitrogens with zero attached hydrogens (tertiary/aromatic N) is 1. The van der Waals surface area contributed by atoms with Crippen molar-refractivity contribution in [3.05, 3.63) is 34.9 Å². The summed E-state index contributed by atoms with van der Waals surface area (Å²) in [6, 6.07) is 5.50. The molecule has 0 fully saturated rings. The van der Waals surface area contributed by atoms with Gasteiger partial charge in [-0.15, -0.1) is 0 Å². The number of benzene rings is 1. The topological polar surface area (TPSA) is 107 Å². The zero-order chi connectivity index (χ0) is 12.1. The molecule has 5 heteroatoms. The zero-order valence-corrected chi connectivity index (χ0v) is 9.23. The molecule has 0 heterocycles. The highest BCUT2D eigenvalue weighted by Crippen LogP contribution is 2.12. The van der Waals surface area contributed by atoms with Crippen LogP contribution in [0, 0.1) is 6.92 Å². The van der Waals surface area contributed by atoms with Crippen LogP contribution in [-0.4, -0.2) is 18.4 Å². The lowest BCUT2D eigenvalue weighted by molar-refractivity contribution is 0.0999. The first-order chi connectivity index (χ1) is 7.50. The quantitative estimate of drug-likeness (QED) is 0.487. The molecule has 0 bridgehead atoms. The Balaban J connectivity index is 2.88. The molecule has 1 aromatic carbocycles. The summed E-state index contributed by atoms with van der Waals surface area (Å²) in [5, 5.41) is 0. The molecular weight excluding hydrogens is 204 g/mol. The van der Waals surface area contributed by atoms with Crippen molar-refractivity contribution >= 4 is 11.9 Å². The first-order valence-corrected chi connectivity index (χ1v) is 4.95. The van der Waals surface area contributed by atoms with Crippen LogP contribution in [0.5, 0.6) is 0 Å². The van der Waals surface area contributed by atoms with Crippen LogP contribution in [0.4, 0.5) is 0 Å². The maximum atomic E-state index is 11.2. The number of hydrogen-bond donors (Lipinski definition) is 3. The molecule has 0 aliphatic heterocycles. The number of amides is 1.